The zero-order chi connectivity index (χ0) is 12.2. The lowest BCUT2D eigenvalue weighted by Gasteiger charge is -2.08. The van der Waals surface area contributed by atoms with Gasteiger partial charge in [0.15, 0.2) is 0 Å². The van der Waals surface area contributed by atoms with E-state index in [-0.39, 0.29) is 18.8 Å². The number of rotatable bonds is 5. The molecule has 1 rings (SSSR count). The van der Waals surface area contributed by atoms with Crippen LogP contribution in [-0.4, -0.2) is 30.9 Å². The fraction of sp³-hybridized carbons (Fsp3) is 0.444. The molecule has 5 nitrogen and oxygen atoms in total. The minimum atomic E-state index is -3.42. The van der Waals surface area contributed by atoms with E-state index in [1.165, 1.54) is 6.20 Å². The van der Waals surface area contributed by atoms with Crippen molar-refractivity contribution in [1.29, 1.82) is 0 Å². The van der Waals surface area contributed by atoms with Gasteiger partial charge in [-0.15, -0.1) is 0 Å². The molecule has 0 amide bonds. The number of halogens is 1. The highest BCUT2D eigenvalue weighted by molar-refractivity contribution is 9.10. The van der Waals surface area contributed by atoms with Crippen LogP contribution in [0.15, 0.2) is 16.7 Å². The van der Waals surface area contributed by atoms with Crippen LogP contribution in [0.3, 0.4) is 0 Å². The van der Waals surface area contributed by atoms with E-state index in [1.54, 1.807) is 13.0 Å². The third-order valence-corrected chi connectivity index (χ3v) is 3.63. The van der Waals surface area contributed by atoms with Crippen LogP contribution in [0, 0.1) is 6.92 Å². The summed E-state index contributed by atoms with van der Waals surface area (Å²) in [5.41, 5.74) is 0.738. The van der Waals surface area contributed by atoms with Crippen molar-refractivity contribution >= 4 is 31.8 Å². The van der Waals surface area contributed by atoms with Crippen LogP contribution < -0.4 is 4.72 Å². The molecule has 0 fully saturated rings. The van der Waals surface area contributed by atoms with E-state index in [4.69, 9.17) is 5.11 Å². The van der Waals surface area contributed by atoms with Crippen molar-refractivity contribution in [3.63, 3.8) is 0 Å². The van der Waals surface area contributed by atoms with Gasteiger partial charge in [0.05, 0.1) is 5.75 Å². The standard InChI is InChI=1S/C9H13BrN2O3S/c1-7-5-8(10)6-11-9(7)12-16(14,15)4-2-3-13/h5-6,13H,2-4H2,1H3,(H,11,12). The van der Waals surface area contributed by atoms with Crippen LogP contribution >= 0.6 is 15.9 Å². The molecule has 1 heterocycles. The van der Waals surface area contributed by atoms with E-state index >= 15 is 0 Å². The molecule has 0 aliphatic carbocycles. The largest absolute Gasteiger partial charge is 0.396 e. The summed E-state index contributed by atoms with van der Waals surface area (Å²) in [7, 11) is -3.42. The number of hydrogen-bond donors (Lipinski definition) is 2. The first kappa shape index (κ1) is 13.4. The van der Waals surface area contributed by atoms with E-state index < -0.39 is 10.0 Å². The number of aryl methyl sites for hydroxylation is 1. The number of sulfonamides is 1. The molecule has 7 heteroatoms. The van der Waals surface area contributed by atoms with E-state index in [0.717, 1.165) is 10.0 Å². The van der Waals surface area contributed by atoms with Crippen LogP contribution in [0.2, 0.25) is 0 Å². The first-order chi connectivity index (χ1) is 7.44. The van der Waals surface area contributed by atoms with Gasteiger partial charge in [-0.2, -0.15) is 0 Å². The number of nitrogens with zero attached hydrogens (tertiary/aromatic N) is 1. The minimum Gasteiger partial charge on any atom is -0.396 e. The first-order valence-electron chi connectivity index (χ1n) is 4.68. The van der Waals surface area contributed by atoms with Gasteiger partial charge in [-0.25, -0.2) is 13.4 Å². The summed E-state index contributed by atoms with van der Waals surface area (Å²) in [4.78, 5) is 3.97. The lowest BCUT2D eigenvalue weighted by atomic mass is 10.3. The molecule has 90 valence electrons. The van der Waals surface area contributed by atoms with Gasteiger partial charge in [-0.3, -0.25) is 4.72 Å². The normalized spacial score (nSPS) is 11.4. The zero-order valence-electron chi connectivity index (χ0n) is 8.77. The van der Waals surface area contributed by atoms with Gasteiger partial charge in [-0.1, -0.05) is 0 Å². The molecular formula is C9H13BrN2O3S. The van der Waals surface area contributed by atoms with Crippen LogP contribution in [0.25, 0.3) is 0 Å². The lowest BCUT2D eigenvalue weighted by molar-refractivity contribution is 0.295. The van der Waals surface area contributed by atoms with Crippen LogP contribution in [0.1, 0.15) is 12.0 Å². The summed E-state index contributed by atoms with van der Waals surface area (Å²) in [6.07, 6.45) is 1.74. The number of aliphatic hydroxyl groups excluding tert-OH is 1. The maximum Gasteiger partial charge on any atom is 0.233 e. The Bertz CT molecular complexity index is 462. The van der Waals surface area contributed by atoms with Gasteiger partial charge in [0.2, 0.25) is 10.0 Å². The molecule has 0 saturated heterocycles. The highest BCUT2D eigenvalue weighted by Gasteiger charge is 2.12. The Labute approximate surface area is 103 Å². The van der Waals surface area contributed by atoms with Gasteiger partial charge in [0.25, 0.3) is 0 Å². The predicted octanol–water partition coefficient (Wildman–Crippen LogP) is 1.28. The molecule has 0 unspecified atom stereocenters. The second kappa shape index (κ2) is 5.60. The van der Waals surface area contributed by atoms with Crippen molar-refractivity contribution in [3.8, 4) is 0 Å². The average Bonchev–Trinajstić information content (AvgIpc) is 2.19. The quantitative estimate of drug-likeness (QED) is 0.858. The monoisotopic (exact) mass is 308 g/mol. The fourth-order valence-electron chi connectivity index (χ4n) is 1.10. The third-order valence-electron chi connectivity index (χ3n) is 1.87. The van der Waals surface area contributed by atoms with Gasteiger partial charge in [-0.05, 0) is 40.9 Å². The smallest absolute Gasteiger partial charge is 0.233 e. The number of nitrogens with one attached hydrogen (secondary N) is 1. The molecule has 0 aromatic carbocycles. The number of aliphatic hydroxyl groups is 1. The van der Waals surface area contributed by atoms with Crippen molar-refractivity contribution in [2.24, 2.45) is 0 Å². The van der Waals surface area contributed by atoms with Crippen LogP contribution in [-0.2, 0) is 10.0 Å². The van der Waals surface area contributed by atoms with Crippen LogP contribution in [0.4, 0.5) is 5.82 Å². The number of aromatic nitrogens is 1. The zero-order valence-corrected chi connectivity index (χ0v) is 11.2. The Kier molecular flexibility index (Phi) is 4.69. The molecule has 0 spiro atoms. The molecule has 0 aliphatic rings. The van der Waals surface area contributed by atoms with Crippen LogP contribution in [0.5, 0.6) is 0 Å². The molecule has 0 saturated carbocycles. The Hall–Kier alpha value is -0.660. The highest BCUT2D eigenvalue weighted by Crippen LogP contribution is 2.17. The number of pyridine rings is 1. The summed E-state index contributed by atoms with van der Waals surface area (Å²) in [5.74, 6) is 0.210. The van der Waals surface area contributed by atoms with Gasteiger partial charge in [0, 0.05) is 17.3 Å². The highest BCUT2D eigenvalue weighted by atomic mass is 79.9. The second-order valence-electron chi connectivity index (χ2n) is 3.32. The molecule has 2 N–H and O–H groups in total. The van der Waals surface area contributed by atoms with E-state index in [2.05, 4.69) is 25.6 Å². The van der Waals surface area contributed by atoms with Crippen molar-refractivity contribution in [2.45, 2.75) is 13.3 Å². The number of hydrogen-bond acceptors (Lipinski definition) is 4. The Morgan fingerprint density at radius 3 is 2.81 bits per heavy atom. The summed E-state index contributed by atoms with van der Waals surface area (Å²) < 4.78 is 26.2. The maximum absolute atomic E-state index is 11.5. The molecule has 0 bridgehead atoms. The Balaban J connectivity index is 2.80. The first-order valence-corrected chi connectivity index (χ1v) is 7.12. The molecule has 16 heavy (non-hydrogen) atoms. The Morgan fingerprint density at radius 2 is 2.25 bits per heavy atom. The molecule has 0 atom stereocenters. The van der Waals surface area contributed by atoms with E-state index in [9.17, 15) is 8.42 Å². The van der Waals surface area contributed by atoms with Crippen molar-refractivity contribution in [2.75, 3.05) is 17.1 Å². The van der Waals surface area contributed by atoms with Crippen molar-refractivity contribution in [1.82, 2.24) is 4.98 Å². The molecule has 1 aromatic rings. The summed E-state index contributed by atoms with van der Waals surface area (Å²) in [6.45, 7) is 1.62. The van der Waals surface area contributed by atoms with E-state index in [1.807, 2.05) is 0 Å². The molecule has 1 aromatic heterocycles. The van der Waals surface area contributed by atoms with Crippen molar-refractivity contribution < 1.29 is 13.5 Å². The topological polar surface area (TPSA) is 79.3 Å². The Morgan fingerprint density at radius 1 is 1.56 bits per heavy atom. The third kappa shape index (κ3) is 4.07. The average molecular weight is 309 g/mol. The van der Waals surface area contributed by atoms with Gasteiger partial charge in [0.1, 0.15) is 5.82 Å². The van der Waals surface area contributed by atoms with E-state index in [0.29, 0.717) is 5.82 Å². The summed E-state index contributed by atoms with van der Waals surface area (Å²) >= 11 is 3.25. The number of anilines is 1. The molecular weight excluding hydrogens is 296 g/mol. The van der Waals surface area contributed by atoms with Gasteiger partial charge >= 0.3 is 0 Å². The summed E-state index contributed by atoms with van der Waals surface area (Å²) in [5, 5.41) is 8.57. The maximum atomic E-state index is 11.5. The second-order valence-corrected chi connectivity index (χ2v) is 6.07. The van der Waals surface area contributed by atoms with Crippen molar-refractivity contribution in [3.05, 3.63) is 22.3 Å². The minimum absolute atomic E-state index is 0.110. The fourth-order valence-corrected chi connectivity index (χ4v) is 2.67. The summed E-state index contributed by atoms with van der Waals surface area (Å²) in [6, 6.07) is 1.77. The van der Waals surface area contributed by atoms with Gasteiger partial charge < -0.3 is 5.11 Å². The molecule has 0 aliphatic heterocycles. The SMILES string of the molecule is Cc1cc(Br)cnc1NS(=O)(=O)CCCO. The lowest BCUT2D eigenvalue weighted by Crippen LogP contribution is -2.18. The molecule has 0 radical (unpaired) electrons. The predicted molar refractivity (Wildman–Crippen MR) is 65.8 cm³/mol.